The number of hydrogen-bond donors (Lipinski definition) is 2. The van der Waals surface area contributed by atoms with Gasteiger partial charge in [0.1, 0.15) is 6.54 Å². The summed E-state index contributed by atoms with van der Waals surface area (Å²) in [5.41, 5.74) is -4.44. The molecule has 2 rings (SSSR count). The first-order valence-electron chi connectivity index (χ1n) is 8.73. The fraction of sp³-hybridized carbons (Fsp3) is 0.733. The van der Waals surface area contributed by atoms with Gasteiger partial charge in [-0.3, -0.25) is 0 Å². The number of rotatable bonds is 6. The second-order valence-corrected chi connectivity index (χ2v) is 8.03. The van der Waals surface area contributed by atoms with Crippen LogP contribution in [0, 0.1) is 0 Å². The summed E-state index contributed by atoms with van der Waals surface area (Å²) in [6, 6.07) is 1.64. The zero-order chi connectivity index (χ0) is 20.1. The SMILES string of the molecule is CCNC(=NCc1cc(CC)no1)NC1CCN(S(=O)(=O)C(F)(F)F)CC1.I. The van der Waals surface area contributed by atoms with Gasteiger partial charge in [0.2, 0.25) is 0 Å². The molecule has 1 saturated heterocycles. The predicted molar refractivity (Wildman–Crippen MR) is 109 cm³/mol. The average molecular weight is 539 g/mol. The monoisotopic (exact) mass is 539 g/mol. The van der Waals surface area contributed by atoms with E-state index in [1.54, 1.807) is 0 Å². The molecular weight excluding hydrogens is 514 g/mol. The molecule has 13 heteroatoms. The van der Waals surface area contributed by atoms with E-state index in [0.29, 0.717) is 22.6 Å². The second-order valence-electron chi connectivity index (χ2n) is 6.10. The van der Waals surface area contributed by atoms with Gasteiger partial charge in [0.25, 0.3) is 0 Å². The highest BCUT2D eigenvalue weighted by atomic mass is 127. The van der Waals surface area contributed by atoms with Crippen LogP contribution in [-0.4, -0.2) is 55.0 Å². The molecule has 0 saturated carbocycles. The lowest BCUT2D eigenvalue weighted by Gasteiger charge is -2.32. The minimum absolute atomic E-state index is 0. The molecule has 8 nitrogen and oxygen atoms in total. The van der Waals surface area contributed by atoms with Crippen LogP contribution in [0.4, 0.5) is 13.2 Å². The molecule has 0 atom stereocenters. The molecule has 0 radical (unpaired) electrons. The quantitative estimate of drug-likeness (QED) is 0.327. The number of guanidine groups is 1. The van der Waals surface area contributed by atoms with Crippen molar-refractivity contribution in [2.45, 2.75) is 51.2 Å². The molecule has 0 amide bonds. The average Bonchev–Trinajstić information content (AvgIpc) is 3.07. The van der Waals surface area contributed by atoms with Crippen molar-refractivity contribution in [1.29, 1.82) is 0 Å². The van der Waals surface area contributed by atoms with Crippen LogP contribution in [0.15, 0.2) is 15.6 Å². The van der Waals surface area contributed by atoms with Crippen LogP contribution >= 0.6 is 24.0 Å². The number of aryl methyl sites for hydroxylation is 1. The minimum Gasteiger partial charge on any atom is -0.359 e. The molecule has 0 aromatic carbocycles. The van der Waals surface area contributed by atoms with E-state index in [1.807, 2.05) is 19.9 Å². The van der Waals surface area contributed by atoms with Crippen LogP contribution in [0.5, 0.6) is 0 Å². The first-order valence-corrected chi connectivity index (χ1v) is 10.2. The van der Waals surface area contributed by atoms with E-state index in [2.05, 4.69) is 20.8 Å². The summed E-state index contributed by atoms with van der Waals surface area (Å²) < 4.78 is 66.4. The summed E-state index contributed by atoms with van der Waals surface area (Å²) in [6.45, 7) is 4.33. The van der Waals surface area contributed by atoms with Crippen molar-refractivity contribution in [3.8, 4) is 0 Å². The Bertz CT molecular complexity index is 746. The Morgan fingerprint density at radius 3 is 2.50 bits per heavy atom. The number of aromatic nitrogens is 1. The highest BCUT2D eigenvalue weighted by molar-refractivity contribution is 14.0. The van der Waals surface area contributed by atoms with Gasteiger partial charge in [-0.05, 0) is 26.2 Å². The van der Waals surface area contributed by atoms with E-state index in [0.717, 1.165) is 12.1 Å². The largest absolute Gasteiger partial charge is 0.511 e. The highest BCUT2D eigenvalue weighted by Gasteiger charge is 2.50. The van der Waals surface area contributed by atoms with E-state index in [9.17, 15) is 21.6 Å². The molecule has 1 aromatic rings. The number of piperidine rings is 1. The Balaban J connectivity index is 0.00000392. The minimum atomic E-state index is -5.27. The van der Waals surface area contributed by atoms with Crippen molar-refractivity contribution < 1.29 is 26.1 Å². The molecule has 1 aliphatic rings. The third-order valence-electron chi connectivity index (χ3n) is 4.13. The zero-order valence-corrected chi connectivity index (χ0v) is 18.8. The van der Waals surface area contributed by atoms with Crippen LogP contribution in [-0.2, 0) is 23.0 Å². The standard InChI is InChI=1S/C15H24F3N5O3S.HI/c1-3-11-9-13(26-22-11)10-20-14(19-4-2)21-12-5-7-23(8-6-12)27(24,25)15(16,17)18;/h9,12H,3-8,10H2,1-2H3,(H2,19,20,21);1H. The van der Waals surface area contributed by atoms with Crippen LogP contribution in [0.25, 0.3) is 0 Å². The summed E-state index contributed by atoms with van der Waals surface area (Å²) in [5, 5.41) is 10.1. The maximum Gasteiger partial charge on any atom is 0.511 e. The molecule has 0 spiro atoms. The number of hydrogen-bond acceptors (Lipinski definition) is 5. The van der Waals surface area contributed by atoms with Crippen molar-refractivity contribution in [2.24, 2.45) is 4.99 Å². The summed E-state index contributed by atoms with van der Waals surface area (Å²) >= 11 is 0. The normalized spacial score (nSPS) is 17.2. The summed E-state index contributed by atoms with van der Waals surface area (Å²) in [4.78, 5) is 4.38. The Kier molecular flexibility index (Phi) is 9.46. The molecule has 0 aliphatic carbocycles. The Hall–Kier alpha value is -1.09. The highest BCUT2D eigenvalue weighted by Crippen LogP contribution is 2.28. The van der Waals surface area contributed by atoms with Crippen molar-refractivity contribution in [2.75, 3.05) is 19.6 Å². The molecule has 28 heavy (non-hydrogen) atoms. The van der Waals surface area contributed by atoms with Crippen LogP contribution < -0.4 is 10.6 Å². The lowest BCUT2D eigenvalue weighted by Crippen LogP contribution is -2.51. The third-order valence-corrected chi connectivity index (χ3v) is 5.76. The topological polar surface area (TPSA) is 99.8 Å². The summed E-state index contributed by atoms with van der Waals surface area (Å²) in [5.74, 6) is 1.10. The van der Waals surface area contributed by atoms with Gasteiger partial charge < -0.3 is 15.2 Å². The Labute approximate surface area is 179 Å². The van der Waals surface area contributed by atoms with Gasteiger partial charge >= 0.3 is 15.5 Å². The van der Waals surface area contributed by atoms with Gasteiger partial charge in [-0.1, -0.05) is 12.1 Å². The van der Waals surface area contributed by atoms with E-state index < -0.39 is 15.5 Å². The molecule has 1 aliphatic heterocycles. The molecule has 1 aromatic heterocycles. The number of nitrogens with one attached hydrogen (secondary N) is 2. The molecular formula is C15H25F3IN5O3S. The maximum atomic E-state index is 12.6. The number of halogens is 4. The number of nitrogens with zero attached hydrogens (tertiary/aromatic N) is 3. The van der Waals surface area contributed by atoms with Gasteiger partial charge in [0.05, 0.1) is 5.69 Å². The number of sulfonamides is 1. The van der Waals surface area contributed by atoms with E-state index in [-0.39, 0.29) is 62.5 Å². The van der Waals surface area contributed by atoms with E-state index >= 15 is 0 Å². The van der Waals surface area contributed by atoms with Crippen LogP contribution in [0.2, 0.25) is 0 Å². The first-order chi connectivity index (χ1) is 12.7. The molecule has 162 valence electrons. The lowest BCUT2D eigenvalue weighted by atomic mass is 10.1. The van der Waals surface area contributed by atoms with Crippen molar-refractivity contribution in [1.82, 2.24) is 20.1 Å². The van der Waals surface area contributed by atoms with Gasteiger partial charge in [-0.2, -0.15) is 17.5 Å². The van der Waals surface area contributed by atoms with Gasteiger partial charge in [0, 0.05) is 31.7 Å². The predicted octanol–water partition coefficient (Wildman–Crippen LogP) is 2.22. The summed E-state index contributed by atoms with van der Waals surface area (Å²) in [6.07, 6.45) is 1.26. The summed E-state index contributed by atoms with van der Waals surface area (Å²) in [7, 11) is -5.27. The fourth-order valence-electron chi connectivity index (χ4n) is 2.65. The first kappa shape index (κ1) is 24.9. The maximum absolute atomic E-state index is 12.6. The smallest absolute Gasteiger partial charge is 0.359 e. The van der Waals surface area contributed by atoms with Crippen molar-refractivity contribution in [3.05, 3.63) is 17.5 Å². The third kappa shape index (κ3) is 6.47. The van der Waals surface area contributed by atoms with Crippen molar-refractivity contribution >= 4 is 40.0 Å². The van der Waals surface area contributed by atoms with Gasteiger partial charge in [0.15, 0.2) is 11.7 Å². The second kappa shape index (κ2) is 10.6. The van der Waals surface area contributed by atoms with E-state index in [4.69, 9.17) is 4.52 Å². The number of aliphatic imine (C=N–C) groups is 1. The van der Waals surface area contributed by atoms with Crippen molar-refractivity contribution in [3.63, 3.8) is 0 Å². The zero-order valence-electron chi connectivity index (χ0n) is 15.6. The molecule has 1 fully saturated rings. The van der Waals surface area contributed by atoms with Gasteiger partial charge in [-0.25, -0.2) is 13.4 Å². The van der Waals surface area contributed by atoms with Gasteiger partial charge in [-0.15, -0.1) is 24.0 Å². The molecule has 2 heterocycles. The fourth-order valence-corrected chi connectivity index (χ4v) is 3.64. The number of alkyl halides is 3. The molecule has 0 unspecified atom stereocenters. The Morgan fingerprint density at radius 1 is 1.36 bits per heavy atom. The Morgan fingerprint density at radius 2 is 2.00 bits per heavy atom. The van der Waals surface area contributed by atoms with Crippen LogP contribution in [0.3, 0.4) is 0 Å². The molecule has 2 N–H and O–H groups in total. The molecule has 0 bridgehead atoms. The lowest BCUT2D eigenvalue weighted by molar-refractivity contribution is -0.0494. The van der Waals surface area contributed by atoms with Crippen LogP contribution in [0.1, 0.15) is 38.1 Å². The van der Waals surface area contributed by atoms with E-state index in [1.165, 1.54) is 0 Å².